The summed E-state index contributed by atoms with van der Waals surface area (Å²) in [6.45, 7) is 6.29. The molecule has 0 aliphatic carbocycles. The molecule has 0 saturated carbocycles. The first kappa shape index (κ1) is 15.4. The molecule has 2 N–H and O–H groups in total. The van der Waals surface area contributed by atoms with Crippen LogP contribution in [-0.4, -0.2) is 50.1 Å². The van der Waals surface area contributed by atoms with E-state index >= 15 is 0 Å². The molecule has 1 aliphatic rings. The summed E-state index contributed by atoms with van der Waals surface area (Å²) in [4.78, 5) is 14.3. The number of rotatable bonds is 6. The van der Waals surface area contributed by atoms with Gasteiger partial charge in [0, 0.05) is 12.6 Å². The van der Waals surface area contributed by atoms with Crippen LogP contribution < -0.4 is 10.6 Å². The highest BCUT2D eigenvalue weighted by Crippen LogP contribution is 2.09. The van der Waals surface area contributed by atoms with Gasteiger partial charge >= 0.3 is 0 Å². The maximum absolute atomic E-state index is 12.2. The number of carbonyl (C=O) groups is 1. The lowest BCUT2D eigenvalue weighted by atomic mass is 10.0. The van der Waals surface area contributed by atoms with E-state index in [4.69, 9.17) is 0 Å². The third kappa shape index (κ3) is 5.83. The maximum Gasteiger partial charge on any atom is 0.237 e. The topological polar surface area (TPSA) is 44.4 Å². The smallest absolute Gasteiger partial charge is 0.237 e. The fourth-order valence-electron chi connectivity index (χ4n) is 2.57. The molecule has 2 atom stereocenters. The molecule has 0 radical (unpaired) electrons. The molecule has 4 nitrogen and oxygen atoms in total. The van der Waals surface area contributed by atoms with Gasteiger partial charge in [0.1, 0.15) is 0 Å². The second-order valence-electron chi connectivity index (χ2n) is 6.10. The van der Waals surface area contributed by atoms with Gasteiger partial charge in [0.25, 0.3) is 0 Å². The van der Waals surface area contributed by atoms with Crippen molar-refractivity contribution < 1.29 is 4.79 Å². The van der Waals surface area contributed by atoms with Gasteiger partial charge in [0.15, 0.2) is 0 Å². The van der Waals surface area contributed by atoms with E-state index in [9.17, 15) is 4.79 Å². The molecule has 106 valence electrons. The summed E-state index contributed by atoms with van der Waals surface area (Å²) < 4.78 is 0. The average Bonchev–Trinajstić information content (AvgIpc) is 2.28. The summed E-state index contributed by atoms with van der Waals surface area (Å²) in [5.41, 5.74) is 0. The Kier molecular flexibility index (Phi) is 6.65. The van der Waals surface area contributed by atoms with Crippen LogP contribution in [0.25, 0.3) is 0 Å². The predicted octanol–water partition coefficient (Wildman–Crippen LogP) is 1.22. The summed E-state index contributed by atoms with van der Waals surface area (Å²) in [5, 5.41) is 6.51. The number of carbonyl (C=O) groups excluding carboxylic acids is 1. The van der Waals surface area contributed by atoms with Crippen LogP contribution in [0.2, 0.25) is 0 Å². The van der Waals surface area contributed by atoms with Gasteiger partial charge in [-0.25, -0.2) is 0 Å². The van der Waals surface area contributed by atoms with E-state index < -0.39 is 0 Å². The molecule has 0 bridgehead atoms. The molecule has 1 fully saturated rings. The number of likely N-dealkylation sites (N-methyl/N-ethyl adjacent to an activating group) is 1. The lowest BCUT2D eigenvalue weighted by Gasteiger charge is -2.28. The van der Waals surface area contributed by atoms with Crippen molar-refractivity contribution in [1.82, 2.24) is 15.5 Å². The van der Waals surface area contributed by atoms with E-state index in [0.29, 0.717) is 5.92 Å². The molecule has 1 saturated heterocycles. The minimum Gasteiger partial charge on any atom is -0.351 e. The van der Waals surface area contributed by atoms with Crippen LogP contribution >= 0.6 is 0 Å². The Hall–Kier alpha value is -0.610. The maximum atomic E-state index is 12.2. The van der Waals surface area contributed by atoms with Crippen molar-refractivity contribution >= 4 is 5.91 Å². The van der Waals surface area contributed by atoms with Gasteiger partial charge in [-0.1, -0.05) is 20.3 Å². The van der Waals surface area contributed by atoms with Crippen molar-refractivity contribution in [3.05, 3.63) is 0 Å². The molecule has 1 amide bonds. The van der Waals surface area contributed by atoms with E-state index in [1.54, 1.807) is 0 Å². The first-order chi connectivity index (χ1) is 8.49. The first-order valence-electron chi connectivity index (χ1n) is 7.17. The Labute approximate surface area is 111 Å². The second-order valence-corrected chi connectivity index (χ2v) is 6.10. The van der Waals surface area contributed by atoms with Gasteiger partial charge in [0.05, 0.1) is 6.04 Å². The van der Waals surface area contributed by atoms with Crippen molar-refractivity contribution in [1.29, 1.82) is 0 Å². The lowest BCUT2D eigenvalue weighted by Crippen LogP contribution is -2.51. The van der Waals surface area contributed by atoms with Gasteiger partial charge in [-0.05, 0) is 45.8 Å². The summed E-state index contributed by atoms with van der Waals surface area (Å²) in [7, 11) is 4.11. The zero-order chi connectivity index (χ0) is 13.5. The van der Waals surface area contributed by atoms with Crippen molar-refractivity contribution in [2.24, 2.45) is 5.92 Å². The Morgan fingerprint density at radius 3 is 2.61 bits per heavy atom. The van der Waals surface area contributed by atoms with Crippen LogP contribution in [0.1, 0.15) is 39.5 Å². The van der Waals surface area contributed by atoms with Crippen LogP contribution in [0.5, 0.6) is 0 Å². The molecular weight excluding hydrogens is 226 g/mol. The number of hydrogen-bond acceptors (Lipinski definition) is 3. The molecule has 0 spiro atoms. The molecule has 1 rings (SSSR count). The van der Waals surface area contributed by atoms with E-state index in [0.717, 1.165) is 32.4 Å². The van der Waals surface area contributed by atoms with E-state index in [-0.39, 0.29) is 18.0 Å². The first-order valence-corrected chi connectivity index (χ1v) is 7.17. The lowest BCUT2D eigenvalue weighted by molar-refractivity contribution is -0.124. The fourth-order valence-corrected chi connectivity index (χ4v) is 2.57. The summed E-state index contributed by atoms with van der Waals surface area (Å²) >= 11 is 0. The highest BCUT2D eigenvalue weighted by Gasteiger charge is 2.23. The Morgan fingerprint density at radius 1 is 1.39 bits per heavy atom. The minimum absolute atomic E-state index is 0.0237. The van der Waals surface area contributed by atoms with Gasteiger partial charge in [-0.2, -0.15) is 0 Å². The van der Waals surface area contributed by atoms with Gasteiger partial charge in [-0.3, -0.25) is 4.79 Å². The molecular formula is C14H29N3O. The molecule has 4 heteroatoms. The number of hydrogen-bond donors (Lipinski definition) is 2. The molecule has 0 aromatic rings. The highest BCUT2D eigenvalue weighted by molar-refractivity contribution is 5.82. The fraction of sp³-hybridized carbons (Fsp3) is 0.929. The third-order valence-corrected chi connectivity index (χ3v) is 3.31. The van der Waals surface area contributed by atoms with Crippen molar-refractivity contribution in [3.63, 3.8) is 0 Å². The zero-order valence-corrected chi connectivity index (χ0v) is 12.3. The minimum atomic E-state index is 0.0237. The van der Waals surface area contributed by atoms with Crippen LogP contribution in [-0.2, 0) is 4.79 Å². The van der Waals surface area contributed by atoms with E-state index in [1.165, 1.54) is 6.42 Å². The summed E-state index contributed by atoms with van der Waals surface area (Å²) in [6.07, 6.45) is 4.36. The number of piperidine rings is 1. The van der Waals surface area contributed by atoms with Gasteiger partial charge in [0.2, 0.25) is 5.91 Å². The SMILES string of the molecule is CC(C)CC(CN(C)C)NC(=O)[C@H]1CCCCN1. The van der Waals surface area contributed by atoms with Crippen molar-refractivity contribution in [2.75, 3.05) is 27.2 Å². The molecule has 18 heavy (non-hydrogen) atoms. The Bertz CT molecular complexity index is 237. The van der Waals surface area contributed by atoms with Crippen LogP contribution in [0.3, 0.4) is 0 Å². The third-order valence-electron chi connectivity index (χ3n) is 3.31. The average molecular weight is 255 g/mol. The monoisotopic (exact) mass is 255 g/mol. The molecule has 0 aromatic heterocycles. The van der Waals surface area contributed by atoms with Crippen LogP contribution in [0.15, 0.2) is 0 Å². The molecule has 1 heterocycles. The predicted molar refractivity (Wildman–Crippen MR) is 75.6 cm³/mol. The second kappa shape index (κ2) is 7.74. The van der Waals surface area contributed by atoms with Crippen molar-refractivity contribution in [3.8, 4) is 0 Å². The summed E-state index contributed by atoms with van der Waals surface area (Å²) in [6, 6.07) is 0.284. The quantitative estimate of drug-likeness (QED) is 0.750. The number of nitrogens with one attached hydrogen (secondary N) is 2. The van der Waals surface area contributed by atoms with Crippen LogP contribution in [0, 0.1) is 5.92 Å². The van der Waals surface area contributed by atoms with E-state index in [1.807, 2.05) is 0 Å². The Balaban J connectivity index is 2.44. The molecule has 0 aromatic carbocycles. The molecule has 1 aliphatic heterocycles. The molecule has 1 unspecified atom stereocenters. The normalized spacial score (nSPS) is 22.2. The zero-order valence-electron chi connectivity index (χ0n) is 12.3. The van der Waals surface area contributed by atoms with Crippen molar-refractivity contribution in [2.45, 2.75) is 51.6 Å². The number of amides is 1. The highest BCUT2D eigenvalue weighted by atomic mass is 16.2. The van der Waals surface area contributed by atoms with Crippen LogP contribution in [0.4, 0.5) is 0 Å². The summed E-state index contributed by atoms with van der Waals surface area (Å²) in [5.74, 6) is 0.789. The van der Waals surface area contributed by atoms with E-state index in [2.05, 4.69) is 43.5 Å². The standard InChI is InChI=1S/C14H29N3O/c1-11(2)9-12(10-17(3)4)16-14(18)13-7-5-6-8-15-13/h11-13,15H,5-10H2,1-4H3,(H,16,18)/t12?,13-/m1/s1. The number of nitrogens with zero attached hydrogens (tertiary/aromatic N) is 1. The van der Waals surface area contributed by atoms with Gasteiger partial charge < -0.3 is 15.5 Å². The Morgan fingerprint density at radius 2 is 2.11 bits per heavy atom. The largest absolute Gasteiger partial charge is 0.351 e. The van der Waals surface area contributed by atoms with Gasteiger partial charge in [-0.15, -0.1) is 0 Å².